The van der Waals surface area contributed by atoms with E-state index in [4.69, 9.17) is 0 Å². The molecule has 1 aromatic heterocycles. The van der Waals surface area contributed by atoms with Gasteiger partial charge in [-0.1, -0.05) is 109 Å². The second-order valence-corrected chi connectivity index (χ2v) is 22.9. The van der Waals surface area contributed by atoms with E-state index in [-0.39, 0.29) is 12.1 Å². The average Bonchev–Trinajstić information content (AvgIpc) is 4.00. The van der Waals surface area contributed by atoms with E-state index in [0.29, 0.717) is 0 Å². The van der Waals surface area contributed by atoms with Gasteiger partial charge in [-0.25, -0.2) is 0 Å². The number of para-hydroxylation sites is 3. The number of benzene rings is 7. The molecule has 4 saturated carbocycles. The Balaban J connectivity index is 1.09. The first-order valence-electron chi connectivity index (χ1n) is 24.0. The van der Waals surface area contributed by atoms with E-state index < -0.39 is 8.80 Å². The summed E-state index contributed by atoms with van der Waals surface area (Å²) in [7, 11) is -0.865. The topological polar surface area (TPSA) is 11.4 Å². The minimum atomic E-state index is -0.865. The van der Waals surface area contributed by atoms with Crippen molar-refractivity contribution in [2.45, 2.75) is 57.0 Å². The average molecular weight is 839 g/mol. The van der Waals surface area contributed by atoms with Gasteiger partial charge < -0.3 is 14.4 Å². The lowest BCUT2D eigenvalue weighted by atomic mass is 9.33. The first kappa shape index (κ1) is 36.1. The SMILES string of the molecule is C[Si+](C)c1cc2c3c(c1)N(c1ccccc1)c1c(ccc4c1-c1ccccc1C41C4CC5CC(C4)C1C5)B3c1cc3c4c(n(-c5ccccc5)c3cc1N2c1ccccc1)CCC=C4. The monoisotopic (exact) mass is 838 g/mol. The largest absolute Gasteiger partial charge is 0.345 e. The van der Waals surface area contributed by atoms with Crippen LogP contribution in [0.3, 0.4) is 0 Å². The molecule has 0 amide bonds. The molecule has 64 heavy (non-hydrogen) atoms. The molecule has 1 spiro atoms. The van der Waals surface area contributed by atoms with Crippen LogP contribution in [0.25, 0.3) is 33.8 Å². The van der Waals surface area contributed by atoms with Gasteiger partial charge in [0.05, 0.1) is 18.6 Å². The summed E-state index contributed by atoms with van der Waals surface area (Å²) in [5.74, 6) is 3.22. The van der Waals surface area contributed by atoms with Crippen LogP contribution >= 0.6 is 0 Å². The molecule has 16 rings (SSSR count). The Morgan fingerprint density at radius 2 is 1.33 bits per heavy atom. The molecule has 3 heterocycles. The van der Waals surface area contributed by atoms with E-state index in [1.165, 1.54) is 120 Å². The molecule has 5 unspecified atom stereocenters. The van der Waals surface area contributed by atoms with Crippen molar-refractivity contribution in [3.8, 4) is 16.8 Å². The molecule has 8 aliphatic rings. The maximum absolute atomic E-state index is 2.74. The van der Waals surface area contributed by atoms with Crippen LogP contribution in [0.2, 0.25) is 13.1 Å². The number of rotatable bonds is 4. The fourth-order valence-electron chi connectivity index (χ4n) is 15.1. The van der Waals surface area contributed by atoms with Crippen LogP contribution in [-0.2, 0) is 11.8 Å². The van der Waals surface area contributed by atoms with Crippen LogP contribution < -0.4 is 31.4 Å². The third-order valence-electron chi connectivity index (χ3n) is 17.2. The number of hydrogen-bond acceptors (Lipinski definition) is 2. The van der Waals surface area contributed by atoms with E-state index in [1.807, 2.05) is 0 Å². The van der Waals surface area contributed by atoms with E-state index in [9.17, 15) is 0 Å². The first-order chi connectivity index (χ1) is 31.6. The fourth-order valence-corrected chi connectivity index (χ4v) is 16.0. The summed E-state index contributed by atoms with van der Waals surface area (Å²) in [5.41, 5.74) is 23.7. The van der Waals surface area contributed by atoms with E-state index in [2.05, 4.69) is 191 Å². The maximum Gasteiger partial charge on any atom is 0.345 e. The summed E-state index contributed by atoms with van der Waals surface area (Å²) >= 11 is 0. The molecule has 4 fully saturated rings. The third-order valence-corrected chi connectivity index (χ3v) is 18.7. The molecule has 8 aromatic rings. The molecular weight excluding hydrogens is 790 g/mol. The van der Waals surface area contributed by atoms with Crippen molar-refractivity contribution < 1.29 is 0 Å². The van der Waals surface area contributed by atoms with E-state index >= 15 is 0 Å². The number of hydrogen-bond donors (Lipinski definition) is 0. The third kappa shape index (κ3) is 4.49. The quantitative estimate of drug-likeness (QED) is 0.164. The Morgan fingerprint density at radius 3 is 2.08 bits per heavy atom. The van der Waals surface area contributed by atoms with Crippen molar-refractivity contribution in [1.29, 1.82) is 0 Å². The second kappa shape index (κ2) is 12.9. The number of fused-ring (bicyclic) bond motifs is 11. The van der Waals surface area contributed by atoms with Crippen LogP contribution in [0.4, 0.5) is 34.1 Å². The summed E-state index contributed by atoms with van der Waals surface area (Å²) in [5, 5.41) is 2.82. The molecule has 7 aromatic carbocycles. The minimum absolute atomic E-state index is 0.0472. The summed E-state index contributed by atoms with van der Waals surface area (Å²) in [6.07, 6.45) is 12.5. The first-order valence-corrected chi connectivity index (χ1v) is 26.5. The molecular formula is C59H49BN3Si+. The molecule has 0 saturated heterocycles. The second-order valence-electron chi connectivity index (χ2n) is 20.3. The zero-order valence-corrected chi connectivity index (χ0v) is 37.6. The van der Waals surface area contributed by atoms with Gasteiger partial charge in [-0.15, -0.1) is 0 Å². The number of nitrogens with zero attached hydrogens (tertiary/aromatic N) is 3. The standard InChI is InChI=1S/C59H49BN3Si/c1-64(2)42-32-54-57-55(33-42)63(41-20-10-5-11-21-41)58-49(27-26-47-56(58)44-23-12-14-24-46(44)59(47)38-29-36-28-37(31-38)48(59)30-36)60(57)50-34-45-43-22-13-15-25-51(43)61(39-16-6-3-7-17-39)52(45)35-53(50)62(54)40-18-8-4-9-19-40/h3-14,16-24,26-27,32-38,48H,15,25,28-31H2,1-2H3/q+1. The van der Waals surface area contributed by atoms with Crippen molar-refractivity contribution in [2.75, 3.05) is 9.80 Å². The van der Waals surface area contributed by atoms with Gasteiger partial charge in [0.2, 0.25) is 0 Å². The highest BCUT2D eigenvalue weighted by molar-refractivity contribution is 7.00. The van der Waals surface area contributed by atoms with Crippen molar-refractivity contribution in [2.24, 2.45) is 23.7 Å². The van der Waals surface area contributed by atoms with Crippen LogP contribution in [-0.4, -0.2) is 20.1 Å². The molecule has 6 aliphatic carbocycles. The fraction of sp³-hybridized carbons (Fsp3) is 0.220. The maximum atomic E-state index is 2.74. The van der Waals surface area contributed by atoms with Gasteiger partial charge in [0.25, 0.3) is 6.71 Å². The van der Waals surface area contributed by atoms with Crippen LogP contribution in [0.15, 0.2) is 158 Å². The van der Waals surface area contributed by atoms with Crippen molar-refractivity contribution in [3.63, 3.8) is 0 Å². The van der Waals surface area contributed by atoms with Gasteiger partial charge in [0, 0.05) is 67.4 Å². The van der Waals surface area contributed by atoms with Crippen LogP contribution in [0.1, 0.15) is 54.5 Å². The summed E-state index contributed by atoms with van der Waals surface area (Å²) in [6, 6.07) is 59.2. The molecule has 0 N–H and O–H groups in total. The predicted molar refractivity (Wildman–Crippen MR) is 270 cm³/mol. The summed E-state index contributed by atoms with van der Waals surface area (Å²) in [6.45, 7) is 4.99. The van der Waals surface area contributed by atoms with Crippen molar-refractivity contribution in [3.05, 3.63) is 180 Å². The number of allylic oxidation sites excluding steroid dienone is 1. The lowest BCUT2D eigenvalue weighted by Gasteiger charge is -2.46. The molecule has 3 nitrogen and oxygen atoms in total. The molecule has 4 bridgehead atoms. The molecule has 306 valence electrons. The normalized spacial score (nSPS) is 23.3. The van der Waals surface area contributed by atoms with E-state index in [1.54, 1.807) is 11.1 Å². The zero-order valence-electron chi connectivity index (χ0n) is 36.6. The van der Waals surface area contributed by atoms with Crippen LogP contribution in [0.5, 0.6) is 0 Å². The highest BCUT2D eigenvalue weighted by Crippen LogP contribution is 2.73. The zero-order chi connectivity index (χ0) is 42.0. The highest BCUT2D eigenvalue weighted by atomic mass is 28.3. The van der Waals surface area contributed by atoms with Gasteiger partial charge in [0.1, 0.15) is 5.19 Å². The molecule has 2 aliphatic heterocycles. The predicted octanol–water partition coefficient (Wildman–Crippen LogP) is 12.0. The lowest BCUT2D eigenvalue weighted by molar-refractivity contribution is 0.191. The Hall–Kier alpha value is -6.30. The Labute approximate surface area is 378 Å². The number of aromatic nitrogens is 1. The van der Waals surface area contributed by atoms with Crippen LogP contribution in [0, 0.1) is 23.7 Å². The van der Waals surface area contributed by atoms with Gasteiger partial charge in [-0.2, -0.15) is 0 Å². The van der Waals surface area contributed by atoms with Gasteiger partial charge >= 0.3 is 8.80 Å². The van der Waals surface area contributed by atoms with Crippen molar-refractivity contribution >= 4 is 88.2 Å². The Morgan fingerprint density at radius 1 is 0.625 bits per heavy atom. The lowest BCUT2D eigenvalue weighted by Crippen LogP contribution is -2.62. The molecule has 5 heteroatoms. The highest BCUT2D eigenvalue weighted by Gasteiger charge is 2.66. The Bertz CT molecular complexity index is 3310. The molecule has 0 radical (unpaired) electrons. The minimum Gasteiger partial charge on any atom is -0.313 e. The summed E-state index contributed by atoms with van der Waals surface area (Å²) in [4.78, 5) is 5.37. The number of anilines is 6. The summed E-state index contributed by atoms with van der Waals surface area (Å²) < 4.78 is 2.58. The van der Waals surface area contributed by atoms with Gasteiger partial charge in [0.15, 0.2) is 0 Å². The van der Waals surface area contributed by atoms with E-state index in [0.717, 1.165) is 36.5 Å². The van der Waals surface area contributed by atoms with Gasteiger partial charge in [-0.3, -0.25) is 0 Å². The Kier molecular flexibility index (Phi) is 7.28. The smallest absolute Gasteiger partial charge is 0.313 e. The molecule has 5 atom stereocenters. The van der Waals surface area contributed by atoms with Crippen molar-refractivity contribution in [1.82, 2.24) is 4.57 Å². The van der Waals surface area contributed by atoms with Gasteiger partial charge in [-0.05, 0) is 150 Å².